The van der Waals surface area contributed by atoms with Gasteiger partial charge in [-0.15, -0.1) is 0 Å². The Balaban J connectivity index is 1.63. The zero-order valence-corrected chi connectivity index (χ0v) is 12.7. The molecule has 112 valence electrons. The van der Waals surface area contributed by atoms with Gasteiger partial charge < -0.3 is 11.1 Å². The SMILES string of the molecule is CC12CC1(N)c1ccc(NC(=O)c3c(F)cccc3Cl)cc12. The lowest BCUT2D eigenvalue weighted by atomic mass is 9.74. The minimum Gasteiger partial charge on any atom is -0.322 e. The second-order valence-electron chi connectivity index (χ2n) is 6.29. The average Bonchev–Trinajstić information content (AvgIpc) is 2.95. The minimum absolute atomic E-state index is 0.0126. The van der Waals surface area contributed by atoms with Gasteiger partial charge in [0, 0.05) is 11.1 Å². The molecule has 0 spiro atoms. The van der Waals surface area contributed by atoms with E-state index in [0.29, 0.717) is 5.69 Å². The molecule has 5 heteroatoms. The van der Waals surface area contributed by atoms with Gasteiger partial charge in [0.05, 0.1) is 16.1 Å². The minimum atomic E-state index is -0.635. The van der Waals surface area contributed by atoms with Gasteiger partial charge in [0.25, 0.3) is 5.91 Å². The van der Waals surface area contributed by atoms with Crippen LogP contribution in [-0.4, -0.2) is 5.91 Å². The number of carbonyl (C=O) groups excluding carboxylic acids is 1. The summed E-state index contributed by atoms with van der Waals surface area (Å²) < 4.78 is 13.8. The van der Waals surface area contributed by atoms with Gasteiger partial charge in [-0.05, 0) is 41.8 Å². The van der Waals surface area contributed by atoms with E-state index in [4.69, 9.17) is 17.3 Å². The van der Waals surface area contributed by atoms with Crippen molar-refractivity contribution in [1.29, 1.82) is 0 Å². The number of nitrogens with two attached hydrogens (primary N) is 1. The van der Waals surface area contributed by atoms with Gasteiger partial charge in [0.1, 0.15) is 5.82 Å². The Bertz CT molecular complexity index is 817. The summed E-state index contributed by atoms with van der Waals surface area (Å²) in [5.41, 5.74) is 8.87. The third-order valence-corrected chi connectivity index (χ3v) is 5.35. The Labute approximate surface area is 132 Å². The molecule has 0 radical (unpaired) electrons. The summed E-state index contributed by atoms with van der Waals surface area (Å²) in [4.78, 5) is 12.2. The predicted octanol–water partition coefficient (Wildman–Crippen LogP) is 3.56. The highest BCUT2D eigenvalue weighted by Crippen LogP contribution is 2.72. The van der Waals surface area contributed by atoms with E-state index < -0.39 is 11.7 Å². The smallest absolute Gasteiger partial charge is 0.260 e. The molecular formula is C17H14ClFN2O. The fourth-order valence-electron chi connectivity index (χ4n) is 3.55. The Hall–Kier alpha value is -1.91. The van der Waals surface area contributed by atoms with Gasteiger partial charge in [0.2, 0.25) is 0 Å². The van der Waals surface area contributed by atoms with E-state index >= 15 is 0 Å². The summed E-state index contributed by atoms with van der Waals surface area (Å²) in [6.07, 6.45) is 0.936. The van der Waals surface area contributed by atoms with Gasteiger partial charge in [-0.2, -0.15) is 0 Å². The number of halogens is 2. The first kappa shape index (κ1) is 13.7. The van der Waals surface area contributed by atoms with Crippen molar-refractivity contribution in [2.75, 3.05) is 5.32 Å². The summed E-state index contributed by atoms with van der Waals surface area (Å²) in [5, 5.41) is 2.80. The van der Waals surface area contributed by atoms with E-state index in [0.717, 1.165) is 17.5 Å². The number of hydrogen-bond acceptors (Lipinski definition) is 2. The summed E-state index contributed by atoms with van der Waals surface area (Å²) in [7, 11) is 0. The molecule has 0 heterocycles. The normalized spacial score (nSPS) is 27.5. The third kappa shape index (κ3) is 1.57. The standard InChI is InChI=1S/C17H14ClFN2O/c1-16-8-17(16,20)10-6-5-9(7-11(10)16)21-15(22)14-12(18)3-2-4-13(14)19/h2-7H,8,20H2,1H3,(H,21,22). The number of hydrogen-bond donors (Lipinski definition) is 2. The summed E-state index contributed by atoms with van der Waals surface area (Å²) in [5.74, 6) is -1.19. The zero-order valence-electron chi connectivity index (χ0n) is 11.9. The molecule has 2 aromatic rings. The maximum atomic E-state index is 13.8. The summed E-state index contributed by atoms with van der Waals surface area (Å²) >= 11 is 5.91. The van der Waals surface area contributed by atoms with Gasteiger partial charge in [-0.3, -0.25) is 4.79 Å². The zero-order chi connectivity index (χ0) is 15.7. The van der Waals surface area contributed by atoms with Crippen LogP contribution in [0.5, 0.6) is 0 Å². The molecule has 2 aliphatic carbocycles. The quantitative estimate of drug-likeness (QED) is 0.890. The molecule has 1 fully saturated rings. The number of amides is 1. The Morgan fingerprint density at radius 3 is 2.82 bits per heavy atom. The van der Waals surface area contributed by atoms with Gasteiger partial charge in [-0.25, -0.2) is 4.39 Å². The fourth-order valence-corrected chi connectivity index (χ4v) is 3.80. The van der Waals surface area contributed by atoms with Crippen LogP contribution >= 0.6 is 11.6 Å². The molecule has 2 aromatic carbocycles. The number of fused-ring (bicyclic) bond motifs is 4. The molecule has 3 N–H and O–H groups in total. The number of benzene rings is 2. The van der Waals surface area contributed by atoms with Crippen molar-refractivity contribution in [3.8, 4) is 0 Å². The lowest BCUT2D eigenvalue weighted by Gasteiger charge is -2.34. The highest BCUT2D eigenvalue weighted by atomic mass is 35.5. The van der Waals surface area contributed by atoms with E-state index in [1.807, 2.05) is 12.1 Å². The predicted molar refractivity (Wildman–Crippen MR) is 83.6 cm³/mol. The van der Waals surface area contributed by atoms with E-state index in [9.17, 15) is 9.18 Å². The molecular weight excluding hydrogens is 303 g/mol. The van der Waals surface area contributed by atoms with Gasteiger partial charge in [0.15, 0.2) is 0 Å². The molecule has 0 aliphatic heterocycles. The topological polar surface area (TPSA) is 55.1 Å². The summed E-state index contributed by atoms with van der Waals surface area (Å²) in [6.45, 7) is 2.12. The average molecular weight is 317 g/mol. The molecule has 0 aromatic heterocycles. The first-order valence-electron chi connectivity index (χ1n) is 7.06. The molecule has 4 rings (SSSR count). The lowest BCUT2D eigenvalue weighted by molar-refractivity contribution is 0.102. The van der Waals surface area contributed by atoms with Crippen molar-refractivity contribution >= 4 is 23.2 Å². The molecule has 1 amide bonds. The highest BCUT2D eigenvalue weighted by molar-refractivity contribution is 6.34. The van der Waals surface area contributed by atoms with Gasteiger partial charge >= 0.3 is 0 Å². The maximum absolute atomic E-state index is 13.8. The first-order chi connectivity index (χ1) is 10.4. The number of anilines is 1. The lowest BCUT2D eigenvalue weighted by Crippen LogP contribution is -2.39. The van der Waals surface area contributed by atoms with E-state index in [1.54, 1.807) is 6.07 Å². The molecule has 0 saturated heterocycles. The Morgan fingerprint density at radius 1 is 1.32 bits per heavy atom. The van der Waals surface area contributed by atoms with E-state index in [2.05, 4.69) is 12.2 Å². The van der Waals surface area contributed by atoms with Crippen LogP contribution in [0.15, 0.2) is 36.4 Å². The Kier molecular flexibility index (Phi) is 2.55. The van der Waals surface area contributed by atoms with Crippen molar-refractivity contribution < 1.29 is 9.18 Å². The molecule has 0 bridgehead atoms. The monoisotopic (exact) mass is 316 g/mol. The maximum Gasteiger partial charge on any atom is 0.260 e. The van der Waals surface area contributed by atoms with Crippen LogP contribution in [0.25, 0.3) is 0 Å². The second-order valence-corrected chi connectivity index (χ2v) is 6.70. The van der Waals surface area contributed by atoms with Crippen LogP contribution in [0.4, 0.5) is 10.1 Å². The van der Waals surface area contributed by atoms with Crippen molar-refractivity contribution in [1.82, 2.24) is 0 Å². The van der Waals surface area contributed by atoms with Crippen molar-refractivity contribution in [2.45, 2.75) is 24.3 Å². The molecule has 3 nitrogen and oxygen atoms in total. The summed E-state index contributed by atoms with van der Waals surface area (Å²) in [6, 6.07) is 9.81. The number of carbonyl (C=O) groups is 1. The van der Waals surface area contributed by atoms with Crippen molar-refractivity contribution in [3.63, 3.8) is 0 Å². The Morgan fingerprint density at radius 2 is 2.09 bits per heavy atom. The van der Waals surface area contributed by atoms with Crippen molar-refractivity contribution in [3.05, 3.63) is 63.9 Å². The molecule has 2 unspecified atom stereocenters. The van der Waals surface area contributed by atoms with Crippen molar-refractivity contribution in [2.24, 2.45) is 5.73 Å². The van der Waals surface area contributed by atoms with Crippen LogP contribution in [0.1, 0.15) is 34.8 Å². The molecule has 2 aliphatic rings. The molecule has 1 saturated carbocycles. The van der Waals surface area contributed by atoms with Crippen LogP contribution in [0.2, 0.25) is 5.02 Å². The van der Waals surface area contributed by atoms with E-state index in [-0.39, 0.29) is 21.5 Å². The van der Waals surface area contributed by atoms with Crippen LogP contribution in [0.3, 0.4) is 0 Å². The second kappa shape index (κ2) is 4.09. The van der Waals surface area contributed by atoms with Gasteiger partial charge in [-0.1, -0.05) is 30.7 Å². The van der Waals surface area contributed by atoms with E-state index in [1.165, 1.54) is 18.2 Å². The largest absolute Gasteiger partial charge is 0.322 e. The molecule has 2 atom stereocenters. The van der Waals surface area contributed by atoms with Crippen LogP contribution < -0.4 is 11.1 Å². The van der Waals surface area contributed by atoms with Crippen LogP contribution in [0, 0.1) is 5.82 Å². The molecule has 22 heavy (non-hydrogen) atoms. The fraction of sp³-hybridized carbons (Fsp3) is 0.235. The highest BCUT2D eigenvalue weighted by Gasteiger charge is 2.72. The first-order valence-corrected chi connectivity index (χ1v) is 7.44. The number of rotatable bonds is 2. The number of nitrogens with one attached hydrogen (secondary N) is 1. The third-order valence-electron chi connectivity index (χ3n) is 5.03. The van der Waals surface area contributed by atoms with Crippen LogP contribution in [-0.2, 0) is 11.0 Å².